The lowest BCUT2D eigenvalue weighted by molar-refractivity contribution is -0.148. The third-order valence-electron chi connectivity index (χ3n) is 2.50. The molecule has 88 valence electrons. The van der Waals surface area contributed by atoms with Gasteiger partial charge in [0, 0.05) is 6.54 Å². The van der Waals surface area contributed by atoms with Crippen LogP contribution in [-0.2, 0) is 4.79 Å². The van der Waals surface area contributed by atoms with Crippen LogP contribution in [0.15, 0.2) is 0 Å². The SMILES string of the molecule is CCCCCC(C)(CNC(N)=O)C(=O)O. The van der Waals surface area contributed by atoms with E-state index in [0.29, 0.717) is 6.42 Å². The molecule has 5 nitrogen and oxygen atoms in total. The van der Waals surface area contributed by atoms with Crippen LogP contribution < -0.4 is 11.1 Å². The molecule has 1 unspecified atom stereocenters. The minimum absolute atomic E-state index is 0.0847. The zero-order valence-electron chi connectivity index (χ0n) is 9.38. The Morgan fingerprint density at radius 1 is 1.40 bits per heavy atom. The molecule has 0 aliphatic heterocycles. The summed E-state index contributed by atoms with van der Waals surface area (Å²) in [5.74, 6) is -0.896. The number of hydrogen-bond donors (Lipinski definition) is 3. The number of nitrogens with two attached hydrogens (primary N) is 1. The minimum Gasteiger partial charge on any atom is -0.481 e. The molecule has 0 saturated heterocycles. The van der Waals surface area contributed by atoms with Crippen LogP contribution in [0, 0.1) is 5.41 Å². The van der Waals surface area contributed by atoms with Crippen LogP contribution >= 0.6 is 0 Å². The van der Waals surface area contributed by atoms with Gasteiger partial charge in [-0.25, -0.2) is 4.79 Å². The molecule has 2 amide bonds. The molecule has 0 fully saturated rings. The average molecular weight is 216 g/mol. The van der Waals surface area contributed by atoms with Gasteiger partial charge in [0.25, 0.3) is 0 Å². The summed E-state index contributed by atoms with van der Waals surface area (Å²) in [7, 11) is 0. The van der Waals surface area contributed by atoms with Crippen molar-refractivity contribution in [2.75, 3.05) is 6.54 Å². The summed E-state index contributed by atoms with van der Waals surface area (Å²) in [6.45, 7) is 3.77. The Labute approximate surface area is 90.0 Å². The second-order valence-electron chi connectivity index (χ2n) is 4.04. The fourth-order valence-corrected chi connectivity index (χ4v) is 1.32. The van der Waals surface area contributed by atoms with E-state index < -0.39 is 17.4 Å². The van der Waals surface area contributed by atoms with Gasteiger partial charge in [0.05, 0.1) is 5.41 Å². The van der Waals surface area contributed by atoms with Crippen LogP contribution in [0.1, 0.15) is 39.5 Å². The molecule has 0 aliphatic carbocycles. The molecule has 0 heterocycles. The van der Waals surface area contributed by atoms with E-state index in [9.17, 15) is 9.59 Å². The molecule has 0 aromatic carbocycles. The summed E-state index contributed by atoms with van der Waals surface area (Å²) in [5, 5.41) is 11.4. The van der Waals surface area contributed by atoms with Crippen LogP contribution in [0.3, 0.4) is 0 Å². The molecule has 0 rings (SSSR count). The highest BCUT2D eigenvalue weighted by Crippen LogP contribution is 2.24. The van der Waals surface area contributed by atoms with Gasteiger partial charge >= 0.3 is 12.0 Å². The molecule has 0 aromatic heterocycles. The monoisotopic (exact) mass is 216 g/mol. The molecule has 15 heavy (non-hydrogen) atoms. The number of carbonyl (C=O) groups is 2. The highest BCUT2D eigenvalue weighted by atomic mass is 16.4. The van der Waals surface area contributed by atoms with Crippen LogP contribution in [0.4, 0.5) is 4.79 Å². The predicted molar refractivity (Wildman–Crippen MR) is 57.5 cm³/mol. The largest absolute Gasteiger partial charge is 0.481 e. The van der Waals surface area contributed by atoms with Gasteiger partial charge in [0.1, 0.15) is 0 Å². The van der Waals surface area contributed by atoms with Crippen molar-refractivity contribution >= 4 is 12.0 Å². The topological polar surface area (TPSA) is 92.4 Å². The second kappa shape index (κ2) is 6.27. The van der Waals surface area contributed by atoms with E-state index in [1.807, 2.05) is 0 Å². The number of urea groups is 1. The summed E-state index contributed by atoms with van der Waals surface area (Å²) in [4.78, 5) is 21.6. The summed E-state index contributed by atoms with van der Waals surface area (Å²) < 4.78 is 0. The molecular weight excluding hydrogens is 196 g/mol. The Morgan fingerprint density at radius 3 is 2.40 bits per heavy atom. The third kappa shape index (κ3) is 5.24. The molecule has 1 atom stereocenters. The number of carboxylic acid groups (broad SMARTS) is 1. The number of nitrogens with one attached hydrogen (secondary N) is 1. The fraction of sp³-hybridized carbons (Fsp3) is 0.800. The summed E-state index contributed by atoms with van der Waals surface area (Å²) in [5.41, 5.74) is 4.00. The fourth-order valence-electron chi connectivity index (χ4n) is 1.32. The summed E-state index contributed by atoms with van der Waals surface area (Å²) in [6.07, 6.45) is 3.44. The predicted octanol–water partition coefficient (Wildman–Crippen LogP) is 1.33. The summed E-state index contributed by atoms with van der Waals surface area (Å²) in [6, 6.07) is -0.682. The van der Waals surface area contributed by atoms with Crippen molar-refractivity contribution < 1.29 is 14.7 Å². The Kier molecular flexibility index (Phi) is 5.74. The highest BCUT2D eigenvalue weighted by Gasteiger charge is 2.32. The van der Waals surface area contributed by atoms with Crippen molar-refractivity contribution in [2.45, 2.75) is 39.5 Å². The first-order valence-electron chi connectivity index (χ1n) is 5.19. The Balaban J connectivity index is 4.19. The van der Waals surface area contributed by atoms with Crippen LogP contribution in [-0.4, -0.2) is 23.7 Å². The van der Waals surface area contributed by atoms with Gasteiger partial charge in [-0.2, -0.15) is 0 Å². The first-order chi connectivity index (χ1) is 6.92. The lowest BCUT2D eigenvalue weighted by atomic mass is 9.84. The van der Waals surface area contributed by atoms with Crippen LogP contribution in [0.25, 0.3) is 0 Å². The van der Waals surface area contributed by atoms with Gasteiger partial charge in [-0.1, -0.05) is 26.2 Å². The number of carboxylic acids is 1. The lowest BCUT2D eigenvalue weighted by Crippen LogP contribution is -2.43. The Morgan fingerprint density at radius 2 is 2.00 bits per heavy atom. The molecule has 0 bridgehead atoms. The number of hydrogen-bond acceptors (Lipinski definition) is 2. The number of aliphatic carboxylic acids is 1. The van der Waals surface area contributed by atoms with Gasteiger partial charge in [0.15, 0.2) is 0 Å². The van der Waals surface area contributed by atoms with Gasteiger partial charge in [-0.05, 0) is 13.3 Å². The number of primary amides is 1. The van der Waals surface area contributed by atoms with Gasteiger partial charge in [0.2, 0.25) is 0 Å². The Bertz CT molecular complexity index is 231. The maximum atomic E-state index is 11.0. The van der Waals surface area contributed by atoms with E-state index >= 15 is 0 Å². The van der Waals surface area contributed by atoms with E-state index in [1.165, 1.54) is 0 Å². The van der Waals surface area contributed by atoms with Crippen molar-refractivity contribution in [2.24, 2.45) is 11.1 Å². The minimum atomic E-state index is -0.913. The molecule has 4 N–H and O–H groups in total. The smallest absolute Gasteiger partial charge is 0.312 e. The molecule has 0 radical (unpaired) electrons. The van der Waals surface area contributed by atoms with Gasteiger partial charge in [-0.15, -0.1) is 0 Å². The van der Waals surface area contributed by atoms with Crippen molar-refractivity contribution in [3.63, 3.8) is 0 Å². The van der Waals surface area contributed by atoms with E-state index in [1.54, 1.807) is 6.92 Å². The quantitative estimate of drug-likeness (QED) is 0.560. The zero-order valence-corrected chi connectivity index (χ0v) is 9.38. The normalized spacial score (nSPS) is 14.3. The van der Waals surface area contributed by atoms with Crippen molar-refractivity contribution in [3.8, 4) is 0 Å². The average Bonchev–Trinajstić information content (AvgIpc) is 2.15. The first-order valence-corrected chi connectivity index (χ1v) is 5.19. The maximum absolute atomic E-state index is 11.0. The van der Waals surface area contributed by atoms with Crippen molar-refractivity contribution in [1.82, 2.24) is 5.32 Å². The van der Waals surface area contributed by atoms with Crippen LogP contribution in [0.5, 0.6) is 0 Å². The van der Waals surface area contributed by atoms with E-state index in [2.05, 4.69) is 12.2 Å². The second-order valence-corrected chi connectivity index (χ2v) is 4.04. The number of amides is 2. The summed E-state index contributed by atoms with van der Waals surface area (Å²) >= 11 is 0. The van der Waals surface area contributed by atoms with E-state index in [0.717, 1.165) is 19.3 Å². The van der Waals surface area contributed by atoms with Crippen molar-refractivity contribution in [1.29, 1.82) is 0 Å². The van der Waals surface area contributed by atoms with Crippen molar-refractivity contribution in [3.05, 3.63) is 0 Å². The molecule has 0 aromatic rings. The van der Waals surface area contributed by atoms with Gasteiger partial charge < -0.3 is 16.2 Å². The molecule has 0 aliphatic rings. The Hall–Kier alpha value is -1.26. The number of rotatable bonds is 7. The molecule has 5 heteroatoms. The third-order valence-corrected chi connectivity index (χ3v) is 2.50. The lowest BCUT2D eigenvalue weighted by Gasteiger charge is -2.24. The molecule has 0 spiro atoms. The molecular formula is C10H20N2O3. The first kappa shape index (κ1) is 13.7. The van der Waals surface area contributed by atoms with E-state index in [-0.39, 0.29) is 6.54 Å². The standard InChI is InChI=1S/C10H20N2O3/c1-3-4-5-6-10(2,8(13)14)7-12-9(11)15/h3-7H2,1-2H3,(H,13,14)(H3,11,12,15). The molecule has 0 saturated carbocycles. The van der Waals surface area contributed by atoms with E-state index in [4.69, 9.17) is 10.8 Å². The number of carbonyl (C=O) groups excluding carboxylic acids is 1. The zero-order chi connectivity index (χ0) is 11.9. The number of unbranched alkanes of at least 4 members (excludes halogenated alkanes) is 2. The van der Waals surface area contributed by atoms with Gasteiger partial charge in [-0.3, -0.25) is 4.79 Å². The van der Waals surface area contributed by atoms with Crippen LogP contribution in [0.2, 0.25) is 0 Å². The highest BCUT2D eigenvalue weighted by molar-refractivity contribution is 5.76. The maximum Gasteiger partial charge on any atom is 0.312 e.